The van der Waals surface area contributed by atoms with E-state index >= 15 is 4.39 Å². The van der Waals surface area contributed by atoms with E-state index in [4.69, 9.17) is 0 Å². The number of halogens is 1. The Morgan fingerprint density at radius 3 is 2.76 bits per heavy atom. The van der Waals surface area contributed by atoms with Crippen molar-refractivity contribution < 1.29 is 17.9 Å². The van der Waals surface area contributed by atoms with Crippen LogP contribution in [0.3, 0.4) is 0 Å². The lowest BCUT2D eigenvalue weighted by Gasteiger charge is -2.32. The first-order valence-electron chi connectivity index (χ1n) is 12.3. The van der Waals surface area contributed by atoms with Gasteiger partial charge in [-0.1, -0.05) is 25.1 Å². The van der Waals surface area contributed by atoms with Crippen LogP contribution in [0.15, 0.2) is 42.6 Å². The van der Waals surface area contributed by atoms with Crippen LogP contribution in [-0.2, 0) is 16.3 Å². The number of hydrogen-bond donors (Lipinski definition) is 3. The van der Waals surface area contributed by atoms with Crippen molar-refractivity contribution >= 4 is 26.3 Å². The minimum atomic E-state index is -3.04. The van der Waals surface area contributed by atoms with Crippen molar-refractivity contribution in [2.45, 2.75) is 32.7 Å². The van der Waals surface area contributed by atoms with Crippen molar-refractivity contribution in [2.24, 2.45) is 0 Å². The summed E-state index contributed by atoms with van der Waals surface area (Å²) in [5.74, 6) is 0.387. The van der Waals surface area contributed by atoms with Crippen LogP contribution in [0.25, 0.3) is 39.1 Å². The zero-order valence-electron chi connectivity index (χ0n) is 21.0. The third-order valence-electron chi connectivity index (χ3n) is 7.03. The third kappa shape index (κ3) is 5.03. The molecule has 5 rings (SSSR count). The summed E-state index contributed by atoms with van der Waals surface area (Å²) in [7, 11) is -3.04. The molecule has 4 aromatic rings. The van der Waals surface area contributed by atoms with Gasteiger partial charge in [0.25, 0.3) is 0 Å². The molecule has 1 aliphatic rings. The number of aromatic nitrogens is 4. The van der Waals surface area contributed by atoms with E-state index in [1.807, 2.05) is 13.0 Å². The molecular formula is C27H30FN5O3S. The summed E-state index contributed by atoms with van der Waals surface area (Å²) in [6, 6.07) is 8.75. The fourth-order valence-electron chi connectivity index (χ4n) is 4.86. The molecule has 3 N–H and O–H groups in total. The van der Waals surface area contributed by atoms with Crippen LogP contribution in [0, 0.1) is 5.82 Å². The quantitative estimate of drug-likeness (QED) is 0.327. The Kier molecular flexibility index (Phi) is 6.63. The molecule has 1 atom stereocenters. The van der Waals surface area contributed by atoms with Gasteiger partial charge < -0.3 is 10.1 Å². The maximum Gasteiger partial charge on any atom is 0.159 e. The molecule has 0 saturated carbocycles. The zero-order valence-corrected chi connectivity index (χ0v) is 21.9. The maximum absolute atomic E-state index is 15.6. The first-order chi connectivity index (χ1) is 17.6. The Morgan fingerprint density at radius 1 is 1.22 bits per heavy atom. The first kappa shape index (κ1) is 25.2. The van der Waals surface area contributed by atoms with E-state index in [0.29, 0.717) is 42.0 Å². The van der Waals surface area contributed by atoms with Gasteiger partial charge in [0.1, 0.15) is 26.8 Å². The third-order valence-corrected chi connectivity index (χ3v) is 7.96. The van der Waals surface area contributed by atoms with Gasteiger partial charge in [-0.05, 0) is 54.7 Å². The number of nitrogens with zero attached hydrogens (tertiary/aromatic N) is 3. The highest BCUT2D eigenvalue weighted by Crippen LogP contribution is 2.35. The van der Waals surface area contributed by atoms with Crippen molar-refractivity contribution in [3.05, 3.63) is 59.7 Å². The van der Waals surface area contributed by atoms with E-state index in [1.165, 1.54) is 6.26 Å². The largest absolute Gasteiger partial charge is 0.508 e. The number of aromatic amines is 2. The van der Waals surface area contributed by atoms with Crippen molar-refractivity contribution in [1.29, 1.82) is 0 Å². The average Bonchev–Trinajstić information content (AvgIpc) is 3.51. The predicted molar refractivity (Wildman–Crippen MR) is 143 cm³/mol. The van der Waals surface area contributed by atoms with E-state index in [-0.39, 0.29) is 23.1 Å². The summed E-state index contributed by atoms with van der Waals surface area (Å²) in [5, 5.41) is 17.6. The highest BCUT2D eigenvalue weighted by atomic mass is 32.2. The standard InChI is InChI=1S/C27H30FN5O3S/c1-4-17-13-19(34)7-8-20(17)21-9-10-22-25(24(21)28)31-32-26(22)27-29-14-23(30-27)18-6-5-16(2)33(15-18)11-12-37(3,35)36/h6-10,13-14,16,34H,4-5,11-12,15H2,1-3H3,(H,29,30)(H,31,32)/t16-/m0/s1. The molecule has 0 unspecified atom stereocenters. The number of fused-ring (bicyclic) bond motifs is 1. The molecule has 0 saturated heterocycles. The number of imidazole rings is 1. The number of phenolic OH excluding ortho intramolecular Hbond substituents is 1. The number of phenols is 1. The Labute approximate surface area is 215 Å². The van der Waals surface area contributed by atoms with Crippen molar-refractivity contribution in [3.8, 4) is 28.4 Å². The molecule has 0 bridgehead atoms. The molecule has 2 aromatic carbocycles. The molecular weight excluding hydrogens is 493 g/mol. The summed E-state index contributed by atoms with van der Waals surface area (Å²) in [6.45, 7) is 5.15. The van der Waals surface area contributed by atoms with Gasteiger partial charge in [-0.25, -0.2) is 17.8 Å². The summed E-state index contributed by atoms with van der Waals surface area (Å²) in [5.41, 5.74) is 4.70. The van der Waals surface area contributed by atoms with Crippen molar-refractivity contribution in [3.63, 3.8) is 0 Å². The second kappa shape index (κ2) is 9.75. The lowest BCUT2D eigenvalue weighted by Crippen LogP contribution is -2.39. The molecule has 194 valence electrons. The number of aromatic hydroxyl groups is 1. The number of rotatable bonds is 7. The number of aryl methyl sites for hydroxylation is 1. The van der Waals surface area contributed by atoms with Gasteiger partial charge in [0.15, 0.2) is 11.6 Å². The fraction of sp³-hybridized carbons (Fsp3) is 0.333. The molecule has 3 heterocycles. The Balaban J connectivity index is 1.43. The van der Waals surface area contributed by atoms with Gasteiger partial charge in [0.2, 0.25) is 0 Å². The Morgan fingerprint density at radius 2 is 2.00 bits per heavy atom. The van der Waals surface area contributed by atoms with Gasteiger partial charge in [0, 0.05) is 36.3 Å². The van der Waals surface area contributed by atoms with Crippen LogP contribution in [-0.4, -0.2) is 69.7 Å². The average molecular weight is 524 g/mol. The highest BCUT2D eigenvalue weighted by Gasteiger charge is 2.23. The predicted octanol–water partition coefficient (Wildman–Crippen LogP) is 4.55. The number of sulfone groups is 1. The summed E-state index contributed by atoms with van der Waals surface area (Å²) < 4.78 is 38.9. The van der Waals surface area contributed by atoms with Crippen LogP contribution in [0.5, 0.6) is 5.75 Å². The van der Waals surface area contributed by atoms with Crippen LogP contribution >= 0.6 is 0 Å². The molecule has 10 heteroatoms. The highest BCUT2D eigenvalue weighted by molar-refractivity contribution is 7.90. The lowest BCUT2D eigenvalue weighted by atomic mass is 9.96. The van der Waals surface area contributed by atoms with Gasteiger partial charge >= 0.3 is 0 Å². The van der Waals surface area contributed by atoms with Gasteiger partial charge in [0.05, 0.1) is 17.6 Å². The second-order valence-electron chi connectivity index (χ2n) is 9.68. The second-order valence-corrected chi connectivity index (χ2v) is 11.9. The van der Waals surface area contributed by atoms with E-state index in [9.17, 15) is 13.5 Å². The van der Waals surface area contributed by atoms with E-state index < -0.39 is 15.7 Å². The van der Waals surface area contributed by atoms with Gasteiger partial charge in [-0.3, -0.25) is 10.00 Å². The number of benzene rings is 2. The van der Waals surface area contributed by atoms with Crippen LogP contribution in [0.1, 0.15) is 31.5 Å². The fourth-order valence-corrected chi connectivity index (χ4v) is 5.43. The summed E-state index contributed by atoms with van der Waals surface area (Å²) >= 11 is 0. The number of H-pyrrole nitrogens is 2. The number of nitrogens with one attached hydrogen (secondary N) is 2. The zero-order chi connectivity index (χ0) is 26.3. The minimum absolute atomic E-state index is 0.121. The van der Waals surface area contributed by atoms with E-state index in [0.717, 1.165) is 28.8 Å². The monoisotopic (exact) mass is 523 g/mol. The first-order valence-corrected chi connectivity index (χ1v) is 14.4. The number of hydrogen-bond acceptors (Lipinski definition) is 6. The lowest BCUT2D eigenvalue weighted by molar-refractivity contribution is 0.241. The molecule has 2 aromatic heterocycles. The van der Waals surface area contributed by atoms with Crippen molar-refractivity contribution in [2.75, 3.05) is 25.1 Å². The molecule has 0 amide bonds. The smallest absolute Gasteiger partial charge is 0.159 e. The van der Waals surface area contributed by atoms with Crippen LogP contribution in [0.4, 0.5) is 4.39 Å². The van der Waals surface area contributed by atoms with Crippen molar-refractivity contribution in [1.82, 2.24) is 25.1 Å². The normalized spacial score (nSPS) is 16.9. The molecule has 8 nitrogen and oxygen atoms in total. The van der Waals surface area contributed by atoms with Crippen LogP contribution < -0.4 is 0 Å². The molecule has 0 fully saturated rings. The molecule has 37 heavy (non-hydrogen) atoms. The topological polar surface area (TPSA) is 115 Å². The summed E-state index contributed by atoms with van der Waals surface area (Å²) in [4.78, 5) is 10.0. The summed E-state index contributed by atoms with van der Waals surface area (Å²) in [6.07, 6.45) is 6.62. The molecule has 0 aliphatic carbocycles. The van der Waals surface area contributed by atoms with Crippen LogP contribution in [0.2, 0.25) is 0 Å². The minimum Gasteiger partial charge on any atom is -0.508 e. The van der Waals surface area contributed by atoms with E-state index in [2.05, 4.69) is 38.1 Å². The molecule has 0 spiro atoms. The maximum atomic E-state index is 15.6. The Hall–Kier alpha value is -3.50. The van der Waals surface area contributed by atoms with Gasteiger partial charge in [-0.2, -0.15) is 5.10 Å². The molecule has 0 radical (unpaired) electrons. The Bertz CT molecular complexity index is 1610. The SMILES string of the molecule is CCc1cc(O)ccc1-c1ccc2c(-c3ncc(C4=CC[C@H](C)N(CCS(C)(=O)=O)C4)[nH]3)[nH]nc2c1F. The van der Waals surface area contributed by atoms with Gasteiger partial charge in [-0.15, -0.1) is 0 Å². The molecule has 1 aliphatic heterocycles. The van der Waals surface area contributed by atoms with E-state index in [1.54, 1.807) is 30.5 Å².